The first-order chi connectivity index (χ1) is 12.7. The molecule has 0 N–H and O–H groups in total. The van der Waals surface area contributed by atoms with Crippen LogP contribution < -0.4 is 9.47 Å². The zero-order valence-electron chi connectivity index (χ0n) is 14.8. The van der Waals surface area contributed by atoms with Gasteiger partial charge in [-0.3, -0.25) is 0 Å². The number of methoxy groups -OCH3 is 1. The molecular formula is C23H20O3. The molecule has 3 aromatic rings. The summed E-state index contributed by atoms with van der Waals surface area (Å²) in [7, 11) is 1.61. The standard InChI is InChI=1S/C23H20O3/c1-17-8-14-22(25-2)20(16-17)11-15-23(24)26-21-12-9-19(10-13-21)18-6-4-3-5-7-18/h3-16H,1-2H3/b15-11+. The van der Waals surface area contributed by atoms with E-state index in [1.54, 1.807) is 25.3 Å². The van der Waals surface area contributed by atoms with Crippen LogP contribution in [0.5, 0.6) is 11.5 Å². The number of rotatable bonds is 5. The summed E-state index contributed by atoms with van der Waals surface area (Å²) >= 11 is 0. The number of carbonyl (C=O) groups excluding carboxylic acids is 1. The van der Waals surface area contributed by atoms with E-state index >= 15 is 0 Å². The third kappa shape index (κ3) is 4.39. The van der Waals surface area contributed by atoms with Crippen LogP contribution >= 0.6 is 0 Å². The molecule has 3 aromatic carbocycles. The third-order valence-corrected chi connectivity index (χ3v) is 3.96. The summed E-state index contributed by atoms with van der Waals surface area (Å²) < 4.78 is 10.7. The van der Waals surface area contributed by atoms with E-state index in [4.69, 9.17) is 9.47 Å². The van der Waals surface area contributed by atoms with E-state index in [2.05, 4.69) is 0 Å². The van der Waals surface area contributed by atoms with Gasteiger partial charge < -0.3 is 9.47 Å². The Morgan fingerprint density at radius 2 is 1.58 bits per heavy atom. The maximum absolute atomic E-state index is 12.1. The third-order valence-electron chi connectivity index (χ3n) is 3.96. The minimum absolute atomic E-state index is 0.430. The molecule has 0 fully saturated rings. The van der Waals surface area contributed by atoms with E-state index < -0.39 is 5.97 Å². The monoisotopic (exact) mass is 344 g/mol. The second kappa shape index (κ2) is 8.17. The number of ether oxygens (including phenoxy) is 2. The SMILES string of the molecule is COc1ccc(C)cc1/C=C/C(=O)Oc1ccc(-c2ccccc2)cc1. The van der Waals surface area contributed by atoms with Crippen LogP contribution in [-0.4, -0.2) is 13.1 Å². The van der Waals surface area contributed by atoms with Gasteiger partial charge in [0.1, 0.15) is 11.5 Å². The lowest BCUT2D eigenvalue weighted by molar-refractivity contribution is -0.128. The molecule has 0 aliphatic heterocycles. The molecule has 0 heterocycles. The van der Waals surface area contributed by atoms with E-state index in [-0.39, 0.29) is 0 Å². The number of aryl methyl sites for hydroxylation is 1. The van der Waals surface area contributed by atoms with Gasteiger partial charge in [-0.05, 0) is 48.4 Å². The Morgan fingerprint density at radius 1 is 0.885 bits per heavy atom. The van der Waals surface area contributed by atoms with Gasteiger partial charge in [0.2, 0.25) is 0 Å². The highest BCUT2D eigenvalue weighted by Crippen LogP contribution is 2.23. The van der Waals surface area contributed by atoms with Crippen molar-refractivity contribution in [1.29, 1.82) is 0 Å². The van der Waals surface area contributed by atoms with Crippen LogP contribution in [-0.2, 0) is 4.79 Å². The lowest BCUT2D eigenvalue weighted by atomic mass is 10.1. The molecule has 0 bridgehead atoms. The lowest BCUT2D eigenvalue weighted by Gasteiger charge is -2.06. The van der Waals surface area contributed by atoms with Gasteiger partial charge in [0.15, 0.2) is 0 Å². The van der Waals surface area contributed by atoms with Crippen molar-refractivity contribution in [2.24, 2.45) is 0 Å². The minimum Gasteiger partial charge on any atom is -0.496 e. The molecule has 0 unspecified atom stereocenters. The molecule has 0 saturated heterocycles. The minimum atomic E-state index is -0.430. The van der Waals surface area contributed by atoms with Crippen molar-refractivity contribution in [3.05, 3.63) is 90.0 Å². The normalized spacial score (nSPS) is 10.7. The summed E-state index contributed by atoms with van der Waals surface area (Å²) in [5.41, 5.74) is 4.13. The van der Waals surface area contributed by atoms with Gasteiger partial charge in [-0.2, -0.15) is 0 Å². The summed E-state index contributed by atoms with van der Waals surface area (Å²) in [5.74, 6) is 0.795. The Kier molecular flexibility index (Phi) is 5.49. The Hall–Kier alpha value is -3.33. The van der Waals surface area contributed by atoms with Gasteiger partial charge in [0.05, 0.1) is 7.11 Å². The molecule has 130 valence electrons. The van der Waals surface area contributed by atoms with E-state index in [1.807, 2.05) is 67.6 Å². The predicted octanol–water partition coefficient (Wildman–Crippen LogP) is 5.29. The first kappa shape index (κ1) is 17.5. The molecule has 0 spiro atoms. The number of hydrogen-bond donors (Lipinski definition) is 0. The molecule has 26 heavy (non-hydrogen) atoms. The molecule has 3 nitrogen and oxygen atoms in total. The van der Waals surface area contributed by atoms with Gasteiger partial charge in [-0.15, -0.1) is 0 Å². The molecule has 0 aromatic heterocycles. The smallest absolute Gasteiger partial charge is 0.336 e. The molecule has 3 heteroatoms. The van der Waals surface area contributed by atoms with E-state index in [9.17, 15) is 4.79 Å². The fourth-order valence-corrected chi connectivity index (χ4v) is 2.64. The van der Waals surface area contributed by atoms with Crippen molar-refractivity contribution < 1.29 is 14.3 Å². The Labute approximate surface area is 153 Å². The average molecular weight is 344 g/mol. The van der Waals surface area contributed by atoms with E-state index in [0.717, 1.165) is 22.3 Å². The molecule has 0 amide bonds. The van der Waals surface area contributed by atoms with Crippen LogP contribution in [0.1, 0.15) is 11.1 Å². The number of esters is 1. The maximum atomic E-state index is 12.1. The van der Waals surface area contributed by atoms with Crippen molar-refractivity contribution >= 4 is 12.0 Å². The number of carbonyl (C=O) groups is 1. The summed E-state index contributed by atoms with van der Waals surface area (Å²) in [4.78, 5) is 12.1. The van der Waals surface area contributed by atoms with Crippen molar-refractivity contribution in [2.45, 2.75) is 6.92 Å². The van der Waals surface area contributed by atoms with Crippen LogP contribution in [0.4, 0.5) is 0 Å². The predicted molar refractivity (Wildman–Crippen MR) is 104 cm³/mol. The maximum Gasteiger partial charge on any atom is 0.336 e. The largest absolute Gasteiger partial charge is 0.496 e. The summed E-state index contributed by atoms with van der Waals surface area (Å²) in [6.07, 6.45) is 3.11. The van der Waals surface area contributed by atoms with Crippen molar-refractivity contribution in [3.63, 3.8) is 0 Å². The van der Waals surface area contributed by atoms with Crippen LogP contribution in [0.15, 0.2) is 78.9 Å². The van der Waals surface area contributed by atoms with Gasteiger partial charge in [-0.25, -0.2) is 4.79 Å². The second-order valence-electron chi connectivity index (χ2n) is 5.89. The van der Waals surface area contributed by atoms with Gasteiger partial charge >= 0.3 is 5.97 Å². The number of hydrogen-bond acceptors (Lipinski definition) is 3. The summed E-state index contributed by atoms with van der Waals surface area (Å²) in [6.45, 7) is 1.99. The Morgan fingerprint density at radius 3 is 2.27 bits per heavy atom. The molecule has 3 rings (SSSR count). The fraction of sp³-hybridized carbons (Fsp3) is 0.0870. The first-order valence-corrected chi connectivity index (χ1v) is 8.36. The van der Waals surface area contributed by atoms with Crippen molar-refractivity contribution in [2.75, 3.05) is 7.11 Å². The zero-order chi connectivity index (χ0) is 18.4. The van der Waals surface area contributed by atoms with Gasteiger partial charge in [0.25, 0.3) is 0 Å². The van der Waals surface area contributed by atoms with Crippen molar-refractivity contribution in [3.8, 4) is 22.6 Å². The Balaban J connectivity index is 1.68. The van der Waals surface area contributed by atoms with Crippen LogP contribution in [0, 0.1) is 6.92 Å². The highest BCUT2D eigenvalue weighted by molar-refractivity contribution is 5.89. The van der Waals surface area contributed by atoms with Crippen LogP contribution in [0.25, 0.3) is 17.2 Å². The van der Waals surface area contributed by atoms with Gasteiger partial charge in [0, 0.05) is 11.6 Å². The Bertz CT molecular complexity index is 910. The first-order valence-electron chi connectivity index (χ1n) is 8.36. The second-order valence-corrected chi connectivity index (χ2v) is 5.89. The van der Waals surface area contributed by atoms with E-state index in [1.165, 1.54) is 6.08 Å². The summed E-state index contributed by atoms with van der Waals surface area (Å²) in [5, 5.41) is 0. The van der Waals surface area contributed by atoms with Crippen LogP contribution in [0.3, 0.4) is 0 Å². The average Bonchev–Trinajstić information content (AvgIpc) is 2.68. The van der Waals surface area contributed by atoms with E-state index in [0.29, 0.717) is 11.5 Å². The highest BCUT2D eigenvalue weighted by Gasteiger charge is 2.04. The molecular weight excluding hydrogens is 324 g/mol. The van der Waals surface area contributed by atoms with Gasteiger partial charge in [-0.1, -0.05) is 54.1 Å². The van der Waals surface area contributed by atoms with Crippen molar-refractivity contribution in [1.82, 2.24) is 0 Å². The number of benzene rings is 3. The highest BCUT2D eigenvalue weighted by atomic mass is 16.5. The molecule has 0 aliphatic rings. The van der Waals surface area contributed by atoms with Crippen LogP contribution in [0.2, 0.25) is 0 Å². The molecule has 0 aliphatic carbocycles. The zero-order valence-corrected chi connectivity index (χ0v) is 14.8. The molecule has 0 radical (unpaired) electrons. The lowest BCUT2D eigenvalue weighted by Crippen LogP contribution is -2.03. The fourth-order valence-electron chi connectivity index (χ4n) is 2.64. The molecule has 0 atom stereocenters. The topological polar surface area (TPSA) is 35.5 Å². The summed E-state index contributed by atoms with van der Waals surface area (Å²) in [6, 6.07) is 23.3. The quantitative estimate of drug-likeness (QED) is 0.358. The molecule has 0 saturated carbocycles.